The van der Waals surface area contributed by atoms with Crippen molar-refractivity contribution < 1.29 is 18.3 Å². The molecule has 0 aromatic carbocycles. The molecule has 1 atom stereocenters. The second-order valence-corrected chi connectivity index (χ2v) is 7.57. The van der Waals surface area contributed by atoms with Crippen LogP contribution in [0.3, 0.4) is 0 Å². The summed E-state index contributed by atoms with van der Waals surface area (Å²) < 4.78 is 40.1. The standard InChI is InChI=1S/C25H29F3N2O/c1-3-21(31)11-8-12-23-22(4-2)20(17-29)15-19(24(30-23)16-25(26,27)28)14-13-18-9-6-5-7-10-18/h4,6,9-12,15,19,31H,3,5,7-8,13-14,16H2,1-2H3/b21-11+,22-4-,23-12+/t19-/m0/s1. The molecule has 6 heteroatoms. The van der Waals surface area contributed by atoms with Gasteiger partial charge in [-0.05, 0) is 45.1 Å². The average molecular weight is 431 g/mol. The third-order valence-corrected chi connectivity index (χ3v) is 5.26. The summed E-state index contributed by atoms with van der Waals surface area (Å²) in [5.41, 5.74) is 2.32. The summed E-state index contributed by atoms with van der Waals surface area (Å²) in [6.45, 7) is 3.55. The van der Waals surface area contributed by atoms with Gasteiger partial charge in [-0.25, -0.2) is 0 Å². The minimum absolute atomic E-state index is 0.0208. The Bertz CT molecular complexity index is 906. The summed E-state index contributed by atoms with van der Waals surface area (Å²) in [6, 6.07) is 2.14. The molecule has 0 saturated heterocycles. The Labute approximate surface area is 182 Å². The fraction of sp³-hybridized carbons (Fsp3) is 0.440. The fourth-order valence-electron chi connectivity index (χ4n) is 3.63. The summed E-state index contributed by atoms with van der Waals surface area (Å²) in [7, 11) is 0. The number of nitriles is 1. The summed E-state index contributed by atoms with van der Waals surface area (Å²) in [6.07, 6.45) is 11.1. The third-order valence-electron chi connectivity index (χ3n) is 5.26. The van der Waals surface area contributed by atoms with Gasteiger partial charge in [0.05, 0.1) is 29.5 Å². The summed E-state index contributed by atoms with van der Waals surface area (Å²) in [5.74, 6) is -0.373. The smallest absolute Gasteiger partial charge is 0.394 e. The Kier molecular flexibility index (Phi) is 9.11. The number of aliphatic hydroxyl groups is 1. The van der Waals surface area contributed by atoms with Crippen LogP contribution < -0.4 is 0 Å². The van der Waals surface area contributed by atoms with E-state index in [4.69, 9.17) is 0 Å². The van der Waals surface area contributed by atoms with E-state index in [0.717, 1.165) is 18.4 Å². The van der Waals surface area contributed by atoms with Gasteiger partial charge in [0.2, 0.25) is 0 Å². The highest BCUT2D eigenvalue weighted by molar-refractivity contribution is 5.91. The highest BCUT2D eigenvalue weighted by Crippen LogP contribution is 2.34. The largest absolute Gasteiger partial charge is 0.513 e. The molecule has 1 heterocycles. The van der Waals surface area contributed by atoms with E-state index in [2.05, 4.69) is 23.2 Å². The van der Waals surface area contributed by atoms with Crippen LogP contribution in [0.5, 0.6) is 0 Å². The van der Waals surface area contributed by atoms with Gasteiger partial charge in [0.25, 0.3) is 0 Å². The van der Waals surface area contributed by atoms with E-state index >= 15 is 0 Å². The quantitative estimate of drug-likeness (QED) is 0.423. The van der Waals surface area contributed by atoms with Crippen LogP contribution in [0.4, 0.5) is 13.2 Å². The SMILES string of the molecule is C/C=C1/C(C#N)=C[C@H](CCC2=CCCC=C2)C(CC(F)(F)F)=N/C1=C/C/C=C(/O)CC. The number of rotatable bonds is 7. The molecule has 2 rings (SSSR count). The van der Waals surface area contributed by atoms with Crippen molar-refractivity contribution in [1.29, 1.82) is 5.26 Å². The zero-order valence-electron chi connectivity index (χ0n) is 18.0. The summed E-state index contributed by atoms with van der Waals surface area (Å²) in [4.78, 5) is 4.42. The first-order chi connectivity index (χ1) is 14.8. The van der Waals surface area contributed by atoms with Crippen LogP contribution in [0.15, 0.2) is 75.7 Å². The average Bonchev–Trinajstić information content (AvgIpc) is 2.87. The number of hydrogen-bond acceptors (Lipinski definition) is 3. The highest BCUT2D eigenvalue weighted by Gasteiger charge is 2.34. The van der Waals surface area contributed by atoms with Gasteiger partial charge in [0, 0.05) is 23.6 Å². The molecule has 0 fully saturated rings. The number of halogens is 3. The van der Waals surface area contributed by atoms with Crippen molar-refractivity contribution in [3.8, 4) is 6.07 Å². The lowest BCUT2D eigenvalue weighted by atomic mass is 9.89. The minimum Gasteiger partial charge on any atom is -0.513 e. The van der Waals surface area contributed by atoms with E-state index in [1.165, 1.54) is 0 Å². The molecule has 31 heavy (non-hydrogen) atoms. The predicted molar refractivity (Wildman–Crippen MR) is 118 cm³/mol. The first kappa shape index (κ1) is 24.5. The molecule has 166 valence electrons. The number of aliphatic hydroxyl groups excluding tert-OH is 1. The molecule has 0 bridgehead atoms. The van der Waals surface area contributed by atoms with Crippen molar-refractivity contribution in [1.82, 2.24) is 0 Å². The van der Waals surface area contributed by atoms with E-state index in [1.807, 2.05) is 6.08 Å². The van der Waals surface area contributed by atoms with Crippen LogP contribution in [-0.2, 0) is 0 Å². The molecule has 2 aliphatic rings. The normalized spacial score (nSPS) is 22.6. The number of aliphatic imine (C=N–C) groups is 1. The van der Waals surface area contributed by atoms with E-state index < -0.39 is 18.5 Å². The van der Waals surface area contributed by atoms with Crippen LogP contribution in [0.25, 0.3) is 0 Å². The summed E-state index contributed by atoms with van der Waals surface area (Å²) >= 11 is 0. The van der Waals surface area contributed by atoms with Gasteiger partial charge in [-0.15, -0.1) is 0 Å². The molecular weight excluding hydrogens is 401 g/mol. The molecule has 0 saturated carbocycles. The Balaban J connectivity index is 2.45. The van der Waals surface area contributed by atoms with Crippen molar-refractivity contribution >= 4 is 5.71 Å². The lowest BCUT2D eigenvalue weighted by Gasteiger charge is -2.18. The molecule has 1 N–H and O–H groups in total. The van der Waals surface area contributed by atoms with Crippen LogP contribution >= 0.6 is 0 Å². The first-order valence-corrected chi connectivity index (χ1v) is 10.6. The maximum absolute atomic E-state index is 13.4. The Morgan fingerprint density at radius 1 is 1.35 bits per heavy atom. The van der Waals surface area contributed by atoms with Crippen molar-refractivity contribution in [2.24, 2.45) is 10.9 Å². The number of hydrogen-bond donors (Lipinski definition) is 1. The molecule has 1 aliphatic carbocycles. The molecule has 0 spiro atoms. The van der Waals surface area contributed by atoms with Crippen LogP contribution in [0.2, 0.25) is 0 Å². The molecule has 3 nitrogen and oxygen atoms in total. The summed E-state index contributed by atoms with van der Waals surface area (Å²) in [5, 5.41) is 19.4. The number of alkyl halides is 3. The van der Waals surface area contributed by atoms with E-state index in [9.17, 15) is 23.5 Å². The molecular formula is C25H29F3N2O. The zero-order valence-corrected chi connectivity index (χ0v) is 18.0. The maximum Gasteiger partial charge on any atom is 0.394 e. The van der Waals surface area contributed by atoms with Gasteiger partial charge in [-0.2, -0.15) is 18.4 Å². The fourth-order valence-corrected chi connectivity index (χ4v) is 3.63. The Hall–Kier alpha value is -2.81. The topological polar surface area (TPSA) is 56.4 Å². The van der Waals surface area contributed by atoms with Gasteiger partial charge in [-0.1, -0.05) is 49.0 Å². The minimum atomic E-state index is -4.40. The lowest BCUT2D eigenvalue weighted by molar-refractivity contribution is -0.121. The highest BCUT2D eigenvalue weighted by atomic mass is 19.4. The van der Waals surface area contributed by atoms with Gasteiger partial charge >= 0.3 is 6.18 Å². The molecule has 0 aromatic heterocycles. The third kappa shape index (κ3) is 7.75. The number of allylic oxidation sites excluding steroid dienone is 10. The molecule has 0 radical (unpaired) electrons. The van der Waals surface area contributed by atoms with Crippen molar-refractivity contribution in [2.45, 2.75) is 65.0 Å². The van der Waals surface area contributed by atoms with E-state index in [-0.39, 0.29) is 11.5 Å². The molecule has 0 unspecified atom stereocenters. The zero-order chi connectivity index (χ0) is 22.9. The van der Waals surface area contributed by atoms with Crippen LogP contribution in [0, 0.1) is 17.2 Å². The van der Waals surface area contributed by atoms with Crippen molar-refractivity contribution in [3.05, 3.63) is 70.7 Å². The Morgan fingerprint density at radius 2 is 2.13 bits per heavy atom. The predicted octanol–water partition coefficient (Wildman–Crippen LogP) is 7.59. The number of nitrogens with zero attached hydrogens (tertiary/aromatic N) is 2. The molecule has 0 amide bonds. The van der Waals surface area contributed by atoms with E-state index in [1.54, 1.807) is 38.2 Å². The first-order valence-electron chi connectivity index (χ1n) is 10.6. The second kappa shape index (κ2) is 11.5. The van der Waals surface area contributed by atoms with Crippen LogP contribution in [-0.4, -0.2) is 17.0 Å². The maximum atomic E-state index is 13.4. The second-order valence-electron chi connectivity index (χ2n) is 7.57. The van der Waals surface area contributed by atoms with Crippen LogP contribution in [0.1, 0.15) is 58.8 Å². The van der Waals surface area contributed by atoms with Gasteiger partial charge in [0.1, 0.15) is 0 Å². The molecule has 1 aliphatic heterocycles. The Morgan fingerprint density at radius 3 is 2.71 bits per heavy atom. The van der Waals surface area contributed by atoms with Crippen molar-refractivity contribution in [3.63, 3.8) is 0 Å². The monoisotopic (exact) mass is 430 g/mol. The van der Waals surface area contributed by atoms with E-state index in [0.29, 0.717) is 42.5 Å². The van der Waals surface area contributed by atoms with Gasteiger partial charge < -0.3 is 5.11 Å². The van der Waals surface area contributed by atoms with Gasteiger partial charge in [0.15, 0.2) is 0 Å². The molecule has 0 aromatic rings. The van der Waals surface area contributed by atoms with Gasteiger partial charge in [-0.3, -0.25) is 4.99 Å². The lowest BCUT2D eigenvalue weighted by Crippen LogP contribution is -2.21. The van der Waals surface area contributed by atoms with Crippen molar-refractivity contribution in [2.75, 3.05) is 0 Å².